The molecule has 0 aliphatic carbocycles. The third-order valence-electron chi connectivity index (χ3n) is 4.77. The minimum absolute atomic E-state index is 0.232. The Bertz CT molecular complexity index is 1310. The van der Waals surface area contributed by atoms with E-state index in [1.807, 2.05) is 29.6 Å². The number of thiophene rings is 1. The minimum atomic E-state index is -0.452. The number of nitrogens with zero attached hydrogens (tertiary/aromatic N) is 1. The lowest BCUT2D eigenvalue weighted by Gasteiger charge is -2.18. The van der Waals surface area contributed by atoms with Gasteiger partial charge in [0.2, 0.25) is 0 Å². The molecule has 0 fully saturated rings. The summed E-state index contributed by atoms with van der Waals surface area (Å²) >= 11 is 2.70. The van der Waals surface area contributed by atoms with E-state index in [-0.39, 0.29) is 5.91 Å². The van der Waals surface area contributed by atoms with Crippen molar-refractivity contribution in [1.82, 2.24) is 9.97 Å². The largest absolute Gasteiger partial charge is 0.486 e. The van der Waals surface area contributed by atoms with Crippen LogP contribution >= 0.6 is 22.7 Å². The highest BCUT2D eigenvalue weighted by Crippen LogP contribution is 2.37. The second-order valence-corrected chi connectivity index (χ2v) is 8.75. The molecule has 0 saturated heterocycles. The molecule has 0 spiro atoms. The van der Waals surface area contributed by atoms with Crippen LogP contribution in [0.5, 0.6) is 11.5 Å². The zero-order valence-electron chi connectivity index (χ0n) is 16.8. The molecule has 1 aliphatic heterocycles. The van der Waals surface area contributed by atoms with E-state index < -0.39 is 5.97 Å². The molecular weight excluding hydrogens is 450 g/mol. The van der Waals surface area contributed by atoms with Crippen LogP contribution < -0.4 is 14.8 Å². The summed E-state index contributed by atoms with van der Waals surface area (Å²) in [5.74, 6) is 0.759. The molecule has 1 aromatic carbocycles. The van der Waals surface area contributed by atoms with Gasteiger partial charge in [0.25, 0.3) is 5.91 Å². The number of aromatic amines is 1. The first-order valence-corrected chi connectivity index (χ1v) is 11.3. The van der Waals surface area contributed by atoms with Gasteiger partial charge in [0, 0.05) is 22.0 Å². The van der Waals surface area contributed by atoms with Crippen LogP contribution in [0.25, 0.3) is 21.7 Å². The van der Waals surface area contributed by atoms with E-state index in [1.54, 1.807) is 18.3 Å². The molecule has 32 heavy (non-hydrogen) atoms. The van der Waals surface area contributed by atoms with Crippen LogP contribution in [-0.4, -0.2) is 42.2 Å². The predicted octanol–water partition coefficient (Wildman–Crippen LogP) is 4.68. The molecule has 1 aliphatic rings. The summed E-state index contributed by atoms with van der Waals surface area (Å²) in [6.45, 7) is 1.07. The SMILES string of the molecule is COC(=O)c1cc(-c2csc(NC(=O)c3ccc(-c4ccc5c(c4)OCCO5)s3)n2)c[nH]1. The van der Waals surface area contributed by atoms with E-state index in [0.29, 0.717) is 40.4 Å². The van der Waals surface area contributed by atoms with E-state index in [4.69, 9.17) is 14.2 Å². The van der Waals surface area contributed by atoms with Crippen molar-refractivity contribution in [3.8, 4) is 33.2 Å². The molecule has 1 amide bonds. The quantitative estimate of drug-likeness (QED) is 0.413. The van der Waals surface area contributed by atoms with Crippen molar-refractivity contribution >= 4 is 39.7 Å². The Hall–Kier alpha value is -3.63. The Kier molecular flexibility index (Phi) is 5.38. The van der Waals surface area contributed by atoms with E-state index in [9.17, 15) is 9.59 Å². The second-order valence-electron chi connectivity index (χ2n) is 6.81. The third-order valence-corrected chi connectivity index (χ3v) is 6.66. The van der Waals surface area contributed by atoms with E-state index in [1.165, 1.54) is 29.8 Å². The zero-order valence-corrected chi connectivity index (χ0v) is 18.5. The van der Waals surface area contributed by atoms with Crippen LogP contribution in [0.2, 0.25) is 0 Å². The van der Waals surface area contributed by atoms with Gasteiger partial charge in [-0.15, -0.1) is 22.7 Å². The van der Waals surface area contributed by atoms with Crippen LogP contribution in [0.15, 0.2) is 48.0 Å². The van der Waals surface area contributed by atoms with E-state index >= 15 is 0 Å². The molecule has 0 bridgehead atoms. The lowest BCUT2D eigenvalue weighted by molar-refractivity contribution is 0.0594. The maximum atomic E-state index is 12.7. The predicted molar refractivity (Wildman–Crippen MR) is 122 cm³/mol. The summed E-state index contributed by atoms with van der Waals surface area (Å²) in [4.78, 5) is 33.1. The van der Waals surface area contributed by atoms with Gasteiger partial charge < -0.3 is 19.2 Å². The fourth-order valence-electron chi connectivity index (χ4n) is 3.20. The number of H-pyrrole nitrogens is 1. The van der Waals surface area contributed by atoms with Gasteiger partial charge in [-0.25, -0.2) is 9.78 Å². The van der Waals surface area contributed by atoms with Crippen molar-refractivity contribution in [1.29, 1.82) is 0 Å². The number of carbonyl (C=O) groups excluding carboxylic acids is 2. The van der Waals surface area contributed by atoms with E-state index in [0.717, 1.165) is 21.8 Å². The van der Waals surface area contributed by atoms with Crippen LogP contribution in [0.4, 0.5) is 5.13 Å². The molecule has 10 heteroatoms. The molecule has 2 N–H and O–H groups in total. The molecule has 0 saturated carbocycles. The number of carbonyl (C=O) groups is 2. The van der Waals surface area contributed by atoms with Gasteiger partial charge in [-0.2, -0.15) is 0 Å². The summed E-state index contributed by atoms with van der Waals surface area (Å²) in [5, 5.41) is 5.12. The number of anilines is 1. The lowest BCUT2D eigenvalue weighted by Crippen LogP contribution is -2.15. The number of benzene rings is 1. The molecule has 8 nitrogen and oxygen atoms in total. The lowest BCUT2D eigenvalue weighted by atomic mass is 10.1. The standard InChI is InChI=1S/C22H17N3O5S2/c1-28-21(27)14-8-13(10-23-14)15-11-31-22(24-15)25-20(26)19-5-4-18(32-19)12-2-3-16-17(9-12)30-7-6-29-16/h2-5,8-11,23H,6-7H2,1H3,(H,24,25,26). The average molecular weight is 468 g/mol. The van der Waals surface area contributed by atoms with Crippen LogP contribution in [0.1, 0.15) is 20.2 Å². The maximum Gasteiger partial charge on any atom is 0.354 e. The highest BCUT2D eigenvalue weighted by molar-refractivity contribution is 7.17. The number of rotatable bonds is 5. The van der Waals surface area contributed by atoms with Gasteiger partial charge in [0.1, 0.15) is 18.9 Å². The number of hydrogen-bond donors (Lipinski definition) is 2. The van der Waals surface area contributed by atoms with Gasteiger partial charge in [0.05, 0.1) is 17.7 Å². The molecule has 4 aromatic rings. The third kappa shape index (κ3) is 3.97. The number of nitrogens with one attached hydrogen (secondary N) is 2. The van der Waals surface area contributed by atoms with Crippen molar-refractivity contribution in [2.45, 2.75) is 0 Å². The molecular formula is C22H17N3O5S2. The zero-order chi connectivity index (χ0) is 22.1. The van der Waals surface area contributed by atoms with Gasteiger partial charge in [0.15, 0.2) is 16.6 Å². The van der Waals surface area contributed by atoms with Crippen LogP contribution in [0.3, 0.4) is 0 Å². The Morgan fingerprint density at radius 1 is 1.09 bits per heavy atom. The van der Waals surface area contributed by atoms with Crippen LogP contribution in [-0.2, 0) is 4.74 Å². The Balaban J connectivity index is 1.29. The van der Waals surface area contributed by atoms with E-state index in [2.05, 4.69) is 15.3 Å². The first kappa shape index (κ1) is 20.3. The number of thiazole rings is 1. The Morgan fingerprint density at radius 3 is 2.78 bits per heavy atom. The molecule has 5 rings (SSSR count). The number of aromatic nitrogens is 2. The highest BCUT2D eigenvalue weighted by atomic mass is 32.1. The Morgan fingerprint density at radius 2 is 1.94 bits per heavy atom. The highest BCUT2D eigenvalue weighted by Gasteiger charge is 2.17. The molecule has 3 aromatic heterocycles. The minimum Gasteiger partial charge on any atom is -0.486 e. The average Bonchev–Trinajstić information content (AvgIpc) is 3.58. The topological polar surface area (TPSA) is 103 Å². The monoisotopic (exact) mass is 467 g/mol. The number of methoxy groups -OCH3 is 1. The number of hydrogen-bond acceptors (Lipinski definition) is 8. The molecule has 0 atom stereocenters. The number of amides is 1. The fraction of sp³-hybridized carbons (Fsp3) is 0.136. The van der Waals surface area contributed by atoms with Crippen molar-refractivity contribution < 1.29 is 23.8 Å². The van der Waals surface area contributed by atoms with Crippen molar-refractivity contribution in [3.05, 3.63) is 58.5 Å². The first-order valence-electron chi connectivity index (χ1n) is 9.64. The van der Waals surface area contributed by atoms with Gasteiger partial charge in [-0.05, 0) is 42.0 Å². The van der Waals surface area contributed by atoms with Crippen LogP contribution in [0, 0.1) is 0 Å². The van der Waals surface area contributed by atoms with Crippen molar-refractivity contribution in [3.63, 3.8) is 0 Å². The van der Waals surface area contributed by atoms with Crippen molar-refractivity contribution in [2.24, 2.45) is 0 Å². The summed E-state index contributed by atoms with van der Waals surface area (Å²) < 4.78 is 15.9. The Labute approximate surface area is 190 Å². The molecule has 0 unspecified atom stereocenters. The van der Waals surface area contributed by atoms with Gasteiger partial charge >= 0.3 is 5.97 Å². The summed E-state index contributed by atoms with van der Waals surface area (Å²) in [6, 6.07) is 11.1. The van der Waals surface area contributed by atoms with Gasteiger partial charge in [-0.3, -0.25) is 10.1 Å². The fourth-order valence-corrected chi connectivity index (χ4v) is 4.82. The summed E-state index contributed by atoms with van der Waals surface area (Å²) in [6.07, 6.45) is 1.67. The molecule has 0 radical (unpaired) electrons. The van der Waals surface area contributed by atoms with Crippen molar-refractivity contribution in [2.75, 3.05) is 25.6 Å². The number of esters is 1. The summed E-state index contributed by atoms with van der Waals surface area (Å²) in [5.41, 5.74) is 2.69. The summed E-state index contributed by atoms with van der Waals surface area (Å²) in [7, 11) is 1.32. The number of ether oxygens (including phenoxy) is 3. The number of fused-ring (bicyclic) bond motifs is 1. The first-order chi connectivity index (χ1) is 15.6. The normalized spacial score (nSPS) is 12.4. The van der Waals surface area contributed by atoms with Gasteiger partial charge in [-0.1, -0.05) is 0 Å². The smallest absolute Gasteiger partial charge is 0.354 e. The molecule has 4 heterocycles. The second kappa shape index (κ2) is 8.48. The molecule has 162 valence electrons. The maximum absolute atomic E-state index is 12.7.